The Bertz CT molecular complexity index is 763. The fourth-order valence-electron chi connectivity index (χ4n) is 2.11. The summed E-state index contributed by atoms with van der Waals surface area (Å²) in [6.07, 6.45) is -4.59. The molecular formula is C14H13F3N2O2. The molecule has 0 radical (unpaired) electrons. The Morgan fingerprint density at radius 2 is 1.95 bits per heavy atom. The molecule has 1 amide bonds. The first-order valence-electron chi connectivity index (χ1n) is 6.16. The van der Waals surface area contributed by atoms with Crippen LogP contribution in [-0.4, -0.2) is 23.7 Å². The van der Waals surface area contributed by atoms with Crippen molar-refractivity contribution in [2.75, 3.05) is 7.05 Å². The van der Waals surface area contributed by atoms with Gasteiger partial charge >= 0.3 is 6.18 Å². The van der Waals surface area contributed by atoms with Gasteiger partial charge in [-0.05, 0) is 24.4 Å². The second kappa shape index (κ2) is 5.23. The van der Waals surface area contributed by atoms with Gasteiger partial charge in [0.1, 0.15) is 12.2 Å². The van der Waals surface area contributed by atoms with Crippen molar-refractivity contribution in [2.45, 2.75) is 19.6 Å². The van der Waals surface area contributed by atoms with E-state index in [4.69, 9.17) is 0 Å². The SMILES string of the molecule is CNC(=O)c1cc2ccc(C)cc2c(=O)n1CC(F)(F)F. The van der Waals surface area contributed by atoms with Crippen molar-refractivity contribution in [1.29, 1.82) is 0 Å². The van der Waals surface area contributed by atoms with Crippen molar-refractivity contribution >= 4 is 16.7 Å². The lowest BCUT2D eigenvalue weighted by Gasteiger charge is -2.15. The molecule has 0 aliphatic carbocycles. The molecule has 112 valence electrons. The summed E-state index contributed by atoms with van der Waals surface area (Å²) in [6, 6.07) is 6.14. The van der Waals surface area contributed by atoms with Gasteiger partial charge in [-0.1, -0.05) is 17.7 Å². The van der Waals surface area contributed by atoms with Crippen molar-refractivity contribution in [2.24, 2.45) is 0 Å². The number of carbonyl (C=O) groups is 1. The van der Waals surface area contributed by atoms with Gasteiger partial charge in [-0.15, -0.1) is 0 Å². The Labute approximate surface area is 118 Å². The maximum absolute atomic E-state index is 12.7. The van der Waals surface area contributed by atoms with Crippen molar-refractivity contribution in [3.8, 4) is 0 Å². The first-order chi connectivity index (χ1) is 9.73. The van der Waals surface area contributed by atoms with E-state index in [0.717, 1.165) is 5.56 Å². The number of halogens is 3. The fraction of sp³-hybridized carbons (Fsp3) is 0.286. The van der Waals surface area contributed by atoms with E-state index in [2.05, 4.69) is 5.32 Å². The van der Waals surface area contributed by atoms with E-state index in [9.17, 15) is 22.8 Å². The van der Waals surface area contributed by atoms with Crippen LogP contribution >= 0.6 is 0 Å². The average Bonchev–Trinajstić information content (AvgIpc) is 2.40. The van der Waals surface area contributed by atoms with Gasteiger partial charge in [0.05, 0.1) is 0 Å². The van der Waals surface area contributed by atoms with E-state index >= 15 is 0 Å². The molecule has 1 heterocycles. The predicted octanol–water partition coefficient (Wildman–Crippen LogP) is 2.23. The van der Waals surface area contributed by atoms with Crippen LogP contribution in [0.3, 0.4) is 0 Å². The standard InChI is InChI=1S/C14H13F3N2O2/c1-8-3-4-9-6-11(12(20)18-2)19(7-14(15,16)17)13(21)10(9)5-8/h3-6H,7H2,1-2H3,(H,18,20). The second-order valence-corrected chi connectivity index (χ2v) is 4.71. The van der Waals surface area contributed by atoms with Crippen LogP contribution < -0.4 is 10.9 Å². The Hall–Kier alpha value is -2.31. The number of alkyl halides is 3. The van der Waals surface area contributed by atoms with E-state index in [-0.39, 0.29) is 11.1 Å². The number of nitrogens with zero attached hydrogens (tertiary/aromatic N) is 1. The van der Waals surface area contributed by atoms with Crippen LogP contribution in [0.5, 0.6) is 0 Å². The number of aryl methyl sites for hydroxylation is 1. The number of pyridine rings is 1. The molecule has 0 aliphatic rings. The van der Waals surface area contributed by atoms with Gasteiger partial charge in [-0.3, -0.25) is 14.2 Å². The van der Waals surface area contributed by atoms with Gasteiger partial charge < -0.3 is 5.32 Å². The zero-order chi connectivity index (χ0) is 15.8. The molecule has 0 spiro atoms. The van der Waals surface area contributed by atoms with E-state index < -0.39 is 24.2 Å². The average molecular weight is 298 g/mol. The number of carbonyl (C=O) groups excluding carboxylic acids is 1. The first-order valence-corrected chi connectivity index (χ1v) is 6.16. The van der Waals surface area contributed by atoms with Crippen LogP contribution in [0, 0.1) is 6.92 Å². The monoisotopic (exact) mass is 298 g/mol. The van der Waals surface area contributed by atoms with Gasteiger partial charge in [0, 0.05) is 12.4 Å². The molecule has 0 saturated carbocycles. The molecular weight excluding hydrogens is 285 g/mol. The second-order valence-electron chi connectivity index (χ2n) is 4.71. The van der Waals surface area contributed by atoms with E-state index in [1.165, 1.54) is 19.2 Å². The zero-order valence-corrected chi connectivity index (χ0v) is 11.4. The van der Waals surface area contributed by atoms with E-state index in [0.29, 0.717) is 9.95 Å². The van der Waals surface area contributed by atoms with Crippen LogP contribution in [0.4, 0.5) is 13.2 Å². The normalized spacial score (nSPS) is 11.7. The quantitative estimate of drug-likeness (QED) is 0.924. The molecule has 2 rings (SSSR count). The number of fused-ring (bicyclic) bond motifs is 1. The Kier molecular flexibility index (Phi) is 3.76. The highest BCUT2D eigenvalue weighted by atomic mass is 19.4. The molecule has 0 fully saturated rings. The van der Waals surface area contributed by atoms with Crippen molar-refractivity contribution in [3.63, 3.8) is 0 Å². The molecule has 2 aromatic rings. The van der Waals surface area contributed by atoms with Crippen LogP contribution in [0.25, 0.3) is 10.8 Å². The van der Waals surface area contributed by atoms with Crippen LogP contribution in [-0.2, 0) is 6.54 Å². The molecule has 0 unspecified atom stereocenters. The van der Waals surface area contributed by atoms with Gasteiger partial charge in [0.2, 0.25) is 0 Å². The van der Waals surface area contributed by atoms with Crippen molar-refractivity contribution in [3.05, 3.63) is 45.9 Å². The summed E-state index contributed by atoms with van der Waals surface area (Å²) in [5, 5.41) is 2.84. The summed E-state index contributed by atoms with van der Waals surface area (Å²) >= 11 is 0. The molecule has 0 aliphatic heterocycles. The molecule has 0 bridgehead atoms. The van der Waals surface area contributed by atoms with E-state index in [1.54, 1.807) is 19.1 Å². The van der Waals surface area contributed by atoms with Gasteiger partial charge in [0.15, 0.2) is 0 Å². The predicted molar refractivity (Wildman–Crippen MR) is 72.4 cm³/mol. The fourth-order valence-corrected chi connectivity index (χ4v) is 2.11. The van der Waals surface area contributed by atoms with Crippen LogP contribution in [0.1, 0.15) is 16.1 Å². The van der Waals surface area contributed by atoms with Crippen molar-refractivity contribution < 1.29 is 18.0 Å². The number of amides is 1. The summed E-state index contributed by atoms with van der Waals surface area (Å²) in [6.45, 7) is 0.234. The summed E-state index contributed by atoms with van der Waals surface area (Å²) in [5.41, 5.74) is -0.380. The van der Waals surface area contributed by atoms with Crippen LogP contribution in [0.2, 0.25) is 0 Å². The van der Waals surface area contributed by atoms with Crippen molar-refractivity contribution in [1.82, 2.24) is 9.88 Å². The third kappa shape index (κ3) is 3.07. The third-order valence-corrected chi connectivity index (χ3v) is 3.06. The molecule has 21 heavy (non-hydrogen) atoms. The molecule has 1 aromatic carbocycles. The smallest absolute Gasteiger partial charge is 0.354 e. The zero-order valence-electron chi connectivity index (χ0n) is 11.4. The lowest BCUT2D eigenvalue weighted by Crippen LogP contribution is -2.35. The lowest BCUT2D eigenvalue weighted by molar-refractivity contribution is -0.141. The Morgan fingerprint density at radius 3 is 2.52 bits per heavy atom. The first kappa shape index (κ1) is 15.1. The molecule has 0 atom stereocenters. The molecule has 0 saturated heterocycles. The van der Waals surface area contributed by atoms with Crippen LogP contribution in [0.15, 0.2) is 29.1 Å². The largest absolute Gasteiger partial charge is 0.406 e. The summed E-state index contributed by atoms with van der Waals surface area (Å²) in [7, 11) is 1.30. The maximum atomic E-state index is 12.7. The number of benzene rings is 1. The topological polar surface area (TPSA) is 51.1 Å². The maximum Gasteiger partial charge on any atom is 0.406 e. The number of aromatic nitrogens is 1. The summed E-state index contributed by atoms with van der Waals surface area (Å²) in [4.78, 5) is 24.0. The van der Waals surface area contributed by atoms with Gasteiger partial charge in [-0.2, -0.15) is 13.2 Å². The molecule has 7 heteroatoms. The lowest BCUT2D eigenvalue weighted by atomic mass is 10.1. The highest BCUT2D eigenvalue weighted by molar-refractivity contribution is 5.96. The number of rotatable bonds is 2. The highest BCUT2D eigenvalue weighted by Crippen LogP contribution is 2.20. The third-order valence-electron chi connectivity index (χ3n) is 3.06. The van der Waals surface area contributed by atoms with Gasteiger partial charge in [-0.25, -0.2) is 0 Å². The Balaban J connectivity index is 2.80. The van der Waals surface area contributed by atoms with E-state index in [1.807, 2.05) is 0 Å². The highest BCUT2D eigenvalue weighted by Gasteiger charge is 2.31. The molecule has 1 N–H and O–H groups in total. The number of hydrogen-bond acceptors (Lipinski definition) is 2. The summed E-state index contributed by atoms with van der Waals surface area (Å²) < 4.78 is 38.4. The van der Waals surface area contributed by atoms with Gasteiger partial charge in [0.25, 0.3) is 11.5 Å². The minimum atomic E-state index is -4.59. The number of hydrogen-bond donors (Lipinski definition) is 1. The molecule has 1 aromatic heterocycles. The minimum absolute atomic E-state index is 0.159. The Morgan fingerprint density at radius 1 is 1.29 bits per heavy atom. The number of nitrogens with one attached hydrogen (secondary N) is 1. The summed E-state index contributed by atoms with van der Waals surface area (Å²) in [5.74, 6) is -0.737. The molecule has 4 nitrogen and oxygen atoms in total. The minimum Gasteiger partial charge on any atom is -0.354 e.